The molecule has 1 aliphatic heterocycles. The molecular weight excluding hydrogens is 348 g/mol. The van der Waals surface area contributed by atoms with Gasteiger partial charge in [-0.25, -0.2) is 5.43 Å². The Bertz CT molecular complexity index is 573. The molecule has 7 heteroatoms. The average Bonchev–Trinajstić information content (AvgIpc) is 3.28. The van der Waals surface area contributed by atoms with Crippen molar-refractivity contribution in [2.45, 2.75) is 36.3 Å². The van der Waals surface area contributed by atoms with Gasteiger partial charge in [0, 0.05) is 18.2 Å². The number of nitrogens with one attached hydrogen (secondary N) is 3. The van der Waals surface area contributed by atoms with Crippen LogP contribution in [0, 0.1) is 5.92 Å². The third-order valence-corrected chi connectivity index (χ3v) is 5.28. The van der Waals surface area contributed by atoms with Crippen molar-refractivity contribution >= 4 is 27.7 Å². The molecule has 3 atom stereocenters. The summed E-state index contributed by atoms with van der Waals surface area (Å²) in [6.07, 6.45) is 2.45. The number of halogens is 1. The van der Waals surface area contributed by atoms with Gasteiger partial charge in [0.1, 0.15) is 6.04 Å². The lowest BCUT2D eigenvalue weighted by Crippen LogP contribution is -2.45. The quantitative estimate of drug-likeness (QED) is 0.568. The monoisotopic (exact) mass is 366 g/mol. The number of nitrogens with two attached hydrogens (primary N) is 1. The summed E-state index contributed by atoms with van der Waals surface area (Å²) in [5, 5.41) is 2.91. The van der Waals surface area contributed by atoms with Gasteiger partial charge in [-0.3, -0.25) is 15.0 Å². The fourth-order valence-electron chi connectivity index (χ4n) is 2.68. The van der Waals surface area contributed by atoms with Crippen LogP contribution in [0.15, 0.2) is 24.3 Å². The fourth-order valence-corrected chi connectivity index (χ4v) is 3.62. The molecule has 1 aliphatic carbocycles. The summed E-state index contributed by atoms with van der Waals surface area (Å²) in [6, 6.07) is 6.94. The third-order valence-electron chi connectivity index (χ3n) is 4.18. The molecule has 22 heavy (non-hydrogen) atoms. The summed E-state index contributed by atoms with van der Waals surface area (Å²) in [5.41, 5.74) is 12.9. The van der Waals surface area contributed by atoms with Gasteiger partial charge in [-0.1, -0.05) is 28.1 Å². The normalized spacial score (nSPS) is 27.6. The Labute approximate surface area is 137 Å². The molecule has 1 aromatic carbocycles. The van der Waals surface area contributed by atoms with Crippen molar-refractivity contribution in [2.75, 3.05) is 0 Å². The first kappa shape index (κ1) is 15.5. The molecule has 0 radical (unpaired) electrons. The first-order chi connectivity index (χ1) is 10.6. The van der Waals surface area contributed by atoms with Gasteiger partial charge in [0.05, 0.1) is 4.83 Å². The van der Waals surface area contributed by atoms with Crippen LogP contribution < -0.4 is 21.9 Å². The van der Waals surface area contributed by atoms with E-state index in [2.05, 4.69) is 32.1 Å². The molecule has 0 spiro atoms. The van der Waals surface area contributed by atoms with E-state index in [-0.39, 0.29) is 16.8 Å². The van der Waals surface area contributed by atoms with Crippen LogP contribution in [-0.4, -0.2) is 28.7 Å². The number of carbonyl (C=O) groups is 2. The van der Waals surface area contributed by atoms with Gasteiger partial charge in [-0.2, -0.15) is 0 Å². The van der Waals surface area contributed by atoms with Crippen LogP contribution in [0.25, 0.3) is 0 Å². The number of hydrogen-bond acceptors (Lipinski definition) is 4. The summed E-state index contributed by atoms with van der Waals surface area (Å²) in [6.45, 7) is 0.421. The van der Waals surface area contributed by atoms with E-state index < -0.39 is 5.91 Å². The molecule has 3 rings (SSSR count). The first-order valence-electron chi connectivity index (χ1n) is 7.38. The van der Waals surface area contributed by atoms with E-state index in [9.17, 15) is 9.59 Å². The molecule has 2 fully saturated rings. The van der Waals surface area contributed by atoms with E-state index >= 15 is 0 Å². The third kappa shape index (κ3) is 3.31. The highest BCUT2D eigenvalue weighted by molar-refractivity contribution is 9.09. The lowest BCUT2D eigenvalue weighted by atomic mass is 10.1. The van der Waals surface area contributed by atoms with E-state index in [0.29, 0.717) is 24.1 Å². The molecule has 1 aromatic rings. The Kier molecular flexibility index (Phi) is 4.46. The van der Waals surface area contributed by atoms with E-state index in [1.807, 2.05) is 0 Å². The molecule has 118 valence electrons. The van der Waals surface area contributed by atoms with Crippen LogP contribution in [0.2, 0.25) is 0 Å². The molecule has 0 aromatic heterocycles. The van der Waals surface area contributed by atoms with Gasteiger partial charge in [0.2, 0.25) is 11.8 Å². The minimum absolute atomic E-state index is 0.0449. The Morgan fingerprint density at radius 3 is 2.50 bits per heavy atom. The van der Waals surface area contributed by atoms with E-state index in [4.69, 9.17) is 5.73 Å². The van der Waals surface area contributed by atoms with Crippen molar-refractivity contribution in [2.24, 2.45) is 11.7 Å². The molecule has 6 nitrogen and oxygen atoms in total. The van der Waals surface area contributed by atoms with Crippen LogP contribution in [0.1, 0.15) is 28.8 Å². The smallest absolute Gasteiger partial charge is 0.248 e. The first-order valence-corrected chi connectivity index (χ1v) is 8.29. The number of carbonyl (C=O) groups excluding carboxylic acids is 2. The zero-order valence-electron chi connectivity index (χ0n) is 12.0. The largest absolute Gasteiger partial charge is 0.366 e. The highest BCUT2D eigenvalue weighted by Crippen LogP contribution is 2.38. The van der Waals surface area contributed by atoms with Gasteiger partial charge in [-0.15, -0.1) is 0 Å². The second-order valence-electron chi connectivity index (χ2n) is 5.85. The summed E-state index contributed by atoms with van der Waals surface area (Å²) >= 11 is 3.63. The van der Waals surface area contributed by atoms with Crippen molar-refractivity contribution in [1.29, 1.82) is 0 Å². The summed E-state index contributed by atoms with van der Waals surface area (Å²) in [7, 11) is 0. The number of hydrogen-bond donors (Lipinski definition) is 4. The molecule has 0 bridgehead atoms. The average molecular weight is 367 g/mol. The summed E-state index contributed by atoms with van der Waals surface area (Å²) in [5.74, 6) is 0.164. The molecule has 5 N–H and O–H groups in total. The Morgan fingerprint density at radius 2 is 1.91 bits per heavy atom. The number of alkyl halides is 1. The number of primary amides is 1. The fraction of sp³-hybridized carbons (Fsp3) is 0.467. The number of amides is 2. The second-order valence-corrected chi connectivity index (χ2v) is 6.91. The van der Waals surface area contributed by atoms with Crippen LogP contribution in [0.4, 0.5) is 0 Å². The lowest BCUT2D eigenvalue weighted by molar-refractivity contribution is -0.122. The van der Waals surface area contributed by atoms with Crippen molar-refractivity contribution in [3.05, 3.63) is 35.4 Å². The van der Waals surface area contributed by atoms with Gasteiger partial charge in [0.15, 0.2) is 0 Å². The minimum Gasteiger partial charge on any atom is -0.366 e. The zero-order valence-corrected chi connectivity index (χ0v) is 13.6. The van der Waals surface area contributed by atoms with E-state index in [1.54, 1.807) is 24.3 Å². The van der Waals surface area contributed by atoms with Gasteiger partial charge < -0.3 is 11.1 Å². The van der Waals surface area contributed by atoms with Crippen LogP contribution in [0.5, 0.6) is 0 Å². The highest BCUT2D eigenvalue weighted by atomic mass is 79.9. The predicted octanol–water partition coefficient (Wildman–Crippen LogP) is 0.420. The molecule has 1 saturated carbocycles. The molecule has 2 amide bonds. The summed E-state index contributed by atoms with van der Waals surface area (Å²) in [4.78, 5) is 23.4. The highest BCUT2D eigenvalue weighted by Gasteiger charge is 2.45. The van der Waals surface area contributed by atoms with Crippen LogP contribution in [-0.2, 0) is 11.3 Å². The van der Waals surface area contributed by atoms with Crippen molar-refractivity contribution < 1.29 is 9.59 Å². The molecule has 1 heterocycles. The van der Waals surface area contributed by atoms with E-state index in [0.717, 1.165) is 5.56 Å². The Balaban J connectivity index is 1.52. The van der Waals surface area contributed by atoms with Crippen LogP contribution >= 0.6 is 15.9 Å². The lowest BCUT2D eigenvalue weighted by Gasteiger charge is -2.16. The second kappa shape index (κ2) is 6.36. The molecule has 3 unspecified atom stereocenters. The number of benzene rings is 1. The van der Waals surface area contributed by atoms with Crippen LogP contribution in [0.3, 0.4) is 0 Å². The van der Waals surface area contributed by atoms with Crippen molar-refractivity contribution in [1.82, 2.24) is 16.2 Å². The van der Waals surface area contributed by atoms with E-state index in [1.165, 1.54) is 12.8 Å². The van der Waals surface area contributed by atoms with Gasteiger partial charge >= 0.3 is 0 Å². The van der Waals surface area contributed by atoms with Gasteiger partial charge in [0.25, 0.3) is 0 Å². The maximum absolute atomic E-state index is 12.3. The predicted molar refractivity (Wildman–Crippen MR) is 86.1 cm³/mol. The van der Waals surface area contributed by atoms with Crippen molar-refractivity contribution in [3.63, 3.8) is 0 Å². The standard InChI is InChI=1S/C15H19BrN4O2/c16-11-12(9-5-6-9)19-20-13(11)15(22)18-7-8-1-3-10(4-2-8)14(17)21/h1-4,9,11-13,19-20H,5-7H2,(H2,17,21)(H,18,22). The molecular formula is C15H19BrN4O2. The summed E-state index contributed by atoms with van der Waals surface area (Å²) < 4.78 is 0. The minimum atomic E-state index is -0.454. The topological polar surface area (TPSA) is 96.2 Å². The van der Waals surface area contributed by atoms with Crippen molar-refractivity contribution in [3.8, 4) is 0 Å². The Hall–Kier alpha value is -1.44. The maximum atomic E-state index is 12.3. The maximum Gasteiger partial charge on any atom is 0.248 e. The zero-order chi connectivity index (χ0) is 15.7. The SMILES string of the molecule is NC(=O)c1ccc(CNC(=O)C2NNC(C3CC3)C2Br)cc1. The number of hydrazine groups is 1. The van der Waals surface area contributed by atoms with Gasteiger partial charge in [-0.05, 0) is 36.5 Å². The molecule has 2 aliphatic rings. The molecule has 1 saturated heterocycles. The number of rotatable bonds is 5. The Morgan fingerprint density at radius 1 is 1.23 bits per heavy atom.